The lowest BCUT2D eigenvalue weighted by atomic mass is 10.0. The lowest BCUT2D eigenvalue weighted by Crippen LogP contribution is -2.27. The third-order valence-corrected chi connectivity index (χ3v) is 2.90. The van der Waals surface area contributed by atoms with Gasteiger partial charge in [0.1, 0.15) is 5.75 Å². The van der Waals surface area contributed by atoms with Gasteiger partial charge in [-0.05, 0) is 34.0 Å². The van der Waals surface area contributed by atoms with Crippen molar-refractivity contribution in [3.05, 3.63) is 41.5 Å². The van der Waals surface area contributed by atoms with Crippen LogP contribution in [0.25, 0.3) is 22.9 Å². The fourth-order valence-electron chi connectivity index (χ4n) is 2.14. The Balaban J connectivity index is 2.05. The van der Waals surface area contributed by atoms with Crippen LogP contribution >= 0.6 is 0 Å². The fourth-order valence-corrected chi connectivity index (χ4v) is 2.14. The number of halogens is 3. The summed E-state index contributed by atoms with van der Waals surface area (Å²) in [5.74, 6) is -2.31. The molecule has 0 atom stereocenters. The van der Waals surface area contributed by atoms with Gasteiger partial charge >= 0.3 is 12.1 Å². The highest BCUT2D eigenvalue weighted by atomic mass is 19.4. The van der Waals surface area contributed by atoms with Gasteiger partial charge in [0.2, 0.25) is 0 Å². The van der Waals surface area contributed by atoms with E-state index >= 15 is 0 Å². The Morgan fingerprint density at radius 3 is 2.53 bits per heavy atom. The molecule has 3 rings (SSSR count). The van der Waals surface area contributed by atoms with Crippen molar-refractivity contribution in [1.82, 2.24) is 0 Å². The third kappa shape index (κ3) is 1.97. The van der Waals surface area contributed by atoms with Gasteiger partial charge in [0.05, 0.1) is 0 Å². The van der Waals surface area contributed by atoms with Crippen molar-refractivity contribution in [3.63, 3.8) is 0 Å². The van der Waals surface area contributed by atoms with Gasteiger partial charge in [-0.2, -0.15) is 13.2 Å². The van der Waals surface area contributed by atoms with Crippen molar-refractivity contribution in [2.75, 3.05) is 0 Å². The van der Waals surface area contributed by atoms with Crippen LogP contribution in [0, 0.1) is 0 Å². The molecule has 0 N–H and O–H groups in total. The molecule has 0 fully saturated rings. The number of carbonyl (C=O) groups is 1. The van der Waals surface area contributed by atoms with E-state index in [4.69, 9.17) is 0 Å². The van der Waals surface area contributed by atoms with E-state index < -0.39 is 12.1 Å². The number of alkyl halides is 3. The van der Waals surface area contributed by atoms with E-state index in [0.29, 0.717) is 0 Å². The monoisotopic (exact) mass is 264 g/mol. The van der Waals surface area contributed by atoms with E-state index in [2.05, 4.69) is 4.74 Å². The molecule has 1 aliphatic carbocycles. The van der Waals surface area contributed by atoms with Crippen LogP contribution in [-0.4, -0.2) is 12.1 Å². The minimum absolute atomic E-state index is 0.103. The van der Waals surface area contributed by atoms with Gasteiger partial charge < -0.3 is 4.74 Å². The zero-order valence-electron chi connectivity index (χ0n) is 9.49. The van der Waals surface area contributed by atoms with Gasteiger partial charge in [-0.1, -0.05) is 30.4 Å². The van der Waals surface area contributed by atoms with Gasteiger partial charge in [0.25, 0.3) is 0 Å². The second kappa shape index (κ2) is 3.85. The predicted octanol–water partition coefficient (Wildman–Crippen LogP) is 3.79. The smallest absolute Gasteiger partial charge is 0.420 e. The quantitative estimate of drug-likeness (QED) is 0.493. The highest BCUT2D eigenvalue weighted by molar-refractivity contribution is 6.05. The Morgan fingerprint density at radius 1 is 1.05 bits per heavy atom. The molecule has 0 unspecified atom stereocenters. The molecule has 0 bridgehead atoms. The summed E-state index contributed by atoms with van der Waals surface area (Å²) in [7, 11) is 0. The molecule has 2 aromatic rings. The van der Waals surface area contributed by atoms with Crippen LogP contribution in [-0.2, 0) is 4.79 Å². The highest BCUT2D eigenvalue weighted by Crippen LogP contribution is 2.35. The molecule has 1 aliphatic rings. The normalized spacial score (nSPS) is 13.0. The largest absolute Gasteiger partial charge is 0.491 e. The average Bonchev–Trinajstić information content (AvgIpc) is 2.73. The molecule has 0 radical (unpaired) electrons. The van der Waals surface area contributed by atoms with Gasteiger partial charge in [-0.15, -0.1) is 0 Å². The summed E-state index contributed by atoms with van der Waals surface area (Å²) < 4.78 is 40.8. The van der Waals surface area contributed by atoms with E-state index in [1.807, 2.05) is 12.1 Å². The van der Waals surface area contributed by atoms with Crippen LogP contribution < -0.4 is 4.74 Å². The van der Waals surface area contributed by atoms with Gasteiger partial charge in [-0.25, -0.2) is 4.79 Å². The Bertz CT molecular complexity index is 714. The number of ether oxygens (including phenoxy) is 1. The van der Waals surface area contributed by atoms with Gasteiger partial charge in [0, 0.05) is 0 Å². The van der Waals surface area contributed by atoms with Crippen LogP contribution in [0.5, 0.6) is 5.75 Å². The second-order valence-electron chi connectivity index (χ2n) is 4.18. The first kappa shape index (κ1) is 11.8. The summed E-state index contributed by atoms with van der Waals surface area (Å²) in [4.78, 5) is 10.8. The first-order valence-electron chi connectivity index (χ1n) is 5.49. The number of benzene rings is 2. The highest BCUT2D eigenvalue weighted by Gasteiger charge is 2.41. The maximum absolute atomic E-state index is 12.2. The molecule has 2 nitrogen and oxygen atoms in total. The molecule has 0 amide bonds. The summed E-state index contributed by atoms with van der Waals surface area (Å²) in [6.07, 6.45) is -1.34. The molecule has 0 saturated carbocycles. The van der Waals surface area contributed by atoms with E-state index in [-0.39, 0.29) is 5.75 Å². The van der Waals surface area contributed by atoms with Crippen molar-refractivity contribution in [3.8, 4) is 5.75 Å². The minimum atomic E-state index is -4.99. The van der Waals surface area contributed by atoms with E-state index in [9.17, 15) is 18.0 Å². The summed E-state index contributed by atoms with van der Waals surface area (Å²) in [5.41, 5.74) is 1.75. The van der Waals surface area contributed by atoms with Crippen LogP contribution in [0.2, 0.25) is 0 Å². The molecule has 0 aromatic heterocycles. The van der Waals surface area contributed by atoms with Crippen molar-refractivity contribution in [2.45, 2.75) is 6.18 Å². The lowest BCUT2D eigenvalue weighted by molar-refractivity contribution is -0.189. The molecule has 96 valence electrons. The van der Waals surface area contributed by atoms with Crippen LogP contribution in [0.4, 0.5) is 13.2 Å². The zero-order chi connectivity index (χ0) is 13.6. The van der Waals surface area contributed by atoms with Gasteiger partial charge in [0.15, 0.2) is 0 Å². The number of hydrogen-bond donors (Lipinski definition) is 0. The Labute approximate surface area is 106 Å². The molecule has 0 aliphatic heterocycles. The molecule has 19 heavy (non-hydrogen) atoms. The fraction of sp³-hybridized carbons (Fsp3) is 0.0714. The van der Waals surface area contributed by atoms with E-state index in [1.165, 1.54) is 12.1 Å². The first-order valence-corrected chi connectivity index (χ1v) is 5.49. The van der Waals surface area contributed by atoms with Crippen LogP contribution in [0.3, 0.4) is 0 Å². The maximum Gasteiger partial charge on any atom is 0.491 e. The summed E-state index contributed by atoms with van der Waals surface area (Å²) >= 11 is 0. The molecule has 0 spiro atoms. The Morgan fingerprint density at radius 2 is 1.79 bits per heavy atom. The molecule has 2 aromatic carbocycles. The van der Waals surface area contributed by atoms with Crippen LogP contribution in [0.15, 0.2) is 30.3 Å². The Hall–Kier alpha value is -2.30. The summed E-state index contributed by atoms with van der Waals surface area (Å²) in [6, 6.07) is 8.33. The zero-order valence-corrected chi connectivity index (χ0v) is 9.49. The van der Waals surface area contributed by atoms with E-state index in [1.54, 1.807) is 18.2 Å². The molecule has 5 heteroatoms. The van der Waals surface area contributed by atoms with Crippen molar-refractivity contribution in [2.24, 2.45) is 0 Å². The number of rotatable bonds is 1. The predicted molar refractivity (Wildman–Crippen MR) is 64.6 cm³/mol. The first-order chi connectivity index (χ1) is 8.95. The summed E-state index contributed by atoms with van der Waals surface area (Å²) in [6.45, 7) is 0. The van der Waals surface area contributed by atoms with Gasteiger partial charge in [-0.3, -0.25) is 0 Å². The number of carbonyl (C=O) groups excluding carboxylic acids is 1. The Kier molecular flexibility index (Phi) is 2.38. The van der Waals surface area contributed by atoms with Crippen molar-refractivity contribution in [1.29, 1.82) is 0 Å². The number of esters is 1. The lowest BCUT2D eigenvalue weighted by Gasteiger charge is -2.09. The molecular weight excluding hydrogens is 257 g/mol. The molecular formula is C14H7F3O2. The average molecular weight is 264 g/mol. The topological polar surface area (TPSA) is 26.3 Å². The maximum atomic E-state index is 12.2. The second-order valence-corrected chi connectivity index (χ2v) is 4.18. The van der Waals surface area contributed by atoms with E-state index in [0.717, 1.165) is 21.9 Å². The molecule has 0 heterocycles. The minimum Gasteiger partial charge on any atom is -0.420 e. The van der Waals surface area contributed by atoms with Crippen molar-refractivity contribution < 1.29 is 22.7 Å². The molecule has 0 saturated heterocycles. The SMILES string of the molecule is O=C(Oc1cc2c3c(cccc3c1)C=C2)C(F)(F)F. The van der Waals surface area contributed by atoms with Crippen LogP contribution in [0.1, 0.15) is 11.1 Å². The third-order valence-electron chi connectivity index (χ3n) is 2.90. The standard InChI is InChI=1S/C14H7F3O2/c15-14(16,17)13(18)19-11-6-9-3-1-2-8-4-5-10(7-11)12(8)9/h1-7H. The van der Waals surface area contributed by atoms with Crippen molar-refractivity contribution >= 4 is 28.9 Å². The number of hydrogen-bond acceptors (Lipinski definition) is 2. The summed E-state index contributed by atoms with van der Waals surface area (Å²) in [5, 5.41) is 1.69.